The molecule has 0 aliphatic carbocycles. The lowest BCUT2D eigenvalue weighted by molar-refractivity contribution is -0.136. The van der Waals surface area contributed by atoms with Crippen molar-refractivity contribution >= 4 is 53.5 Å². The van der Waals surface area contributed by atoms with Crippen molar-refractivity contribution in [3.63, 3.8) is 0 Å². The van der Waals surface area contributed by atoms with Crippen molar-refractivity contribution in [2.45, 2.75) is 153 Å². The number of aliphatic hydroxyl groups is 1. The van der Waals surface area contributed by atoms with Gasteiger partial charge in [-0.3, -0.25) is 53.3 Å². The first-order valence-corrected chi connectivity index (χ1v) is 28.1. The zero-order valence-electron chi connectivity index (χ0n) is 47.4. The van der Waals surface area contributed by atoms with Gasteiger partial charge in [-0.15, -0.1) is 0 Å². The number of rotatable bonds is 38. The average Bonchev–Trinajstić information content (AvgIpc) is 3.59. The van der Waals surface area contributed by atoms with Crippen LogP contribution in [0.2, 0.25) is 0 Å². The maximum Gasteiger partial charge on any atom is 0.252 e. The smallest absolute Gasteiger partial charge is 0.252 e. The Hall–Kier alpha value is -8.02. The zero-order valence-corrected chi connectivity index (χ0v) is 47.4. The maximum atomic E-state index is 14.6. The zero-order chi connectivity index (χ0) is 59.7. The number of unbranched alkanes of at least 4 members (excludes halogenated alkanes) is 3. The Balaban J connectivity index is 1.57. The van der Waals surface area contributed by atoms with Crippen molar-refractivity contribution in [2.24, 2.45) is 11.7 Å². The first kappa shape index (κ1) is 66.5. The fourth-order valence-corrected chi connectivity index (χ4v) is 8.61. The van der Waals surface area contributed by atoms with Gasteiger partial charge >= 0.3 is 0 Å². The second-order valence-electron chi connectivity index (χ2n) is 20.8. The maximum absolute atomic E-state index is 14.6. The van der Waals surface area contributed by atoms with E-state index in [-0.39, 0.29) is 75.8 Å². The molecule has 0 radical (unpaired) electrons. The van der Waals surface area contributed by atoms with Crippen LogP contribution in [0.1, 0.15) is 124 Å². The highest BCUT2D eigenvalue weighted by molar-refractivity contribution is 5.97. The number of amides is 8. The Labute approximate surface area is 480 Å². The molecule has 0 spiro atoms. The molecule has 4 aromatic rings. The molecule has 23 nitrogen and oxygen atoms in total. The van der Waals surface area contributed by atoms with Crippen LogP contribution in [-0.2, 0) is 46.4 Å². The van der Waals surface area contributed by atoms with Crippen LogP contribution in [0.5, 0.6) is 0 Å². The van der Waals surface area contributed by atoms with E-state index in [2.05, 4.69) is 62.8 Å². The van der Waals surface area contributed by atoms with Gasteiger partial charge < -0.3 is 63.5 Å². The molecule has 0 aliphatic heterocycles. The summed E-state index contributed by atoms with van der Waals surface area (Å²) in [5.41, 5.74) is 8.33. The van der Waals surface area contributed by atoms with Crippen molar-refractivity contribution < 1.29 is 48.3 Å². The van der Waals surface area contributed by atoms with Crippen LogP contribution in [0.25, 0.3) is 0 Å². The lowest BCUT2D eigenvalue weighted by Gasteiger charge is -2.28. The Morgan fingerprint density at radius 2 is 0.963 bits per heavy atom. The summed E-state index contributed by atoms with van der Waals surface area (Å²) >= 11 is 0. The van der Waals surface area contributed by atoms with Gasteiger partial charge in [0, 0.05) is 62.7 Å². The van der Waals surface area contributed by atoms with E-state index >= 15 is 0 Å². The second kappa shape index (κ2) is 37.1. The Morgan fingerprint density at radius 3 is 1.46 bits per heavy atom. The quantitative estimate of drug-likeness (QED) is 0.0224. The van der Waals surface area contributed by atoms with Gasteiger partial charge in [0.1, 0.15) is 36.5 Å². The van der Waals surface area contributed by atoms with Gasteiger partial charge in [-0.1, -0.05) is 64.1 Å². The summed E-state index contributed by atoms with van der Waals surface area (Å²) in [5.74, 6) is -5.46. The topological polar surface area (TPSA) is 347 Å². The highest BCUT2D eigenvalue weighted by Gasteiger charge is 2.33. The van der Waals surface area contributed by atoms with Gasteiger partial charge in [0.05, 0.1) is 29.8 Å². The molecule has 1 aromatic carbocycles. The first-order chi connectivity index (χ1) is 39.5. The standard InChI is InChI=1S/C59H83N13O10/c1-39(2)31-49(57(80)67-45(37-73)22-8-11-28-64-40(3)4)71-56(79)48(24-10-13-30-66-53(76)44-21-16-27-63-36-44)68-55(78)47(23-9-12-29-65-52(75)43-20-15-26-62-35-43)69-59(82)51(38-74)72-58(81)50(33-42-19-14-25-61-34-42)70-54(77)46(60)32-41-17-6-5-7-18-41/h5-7,14-21,25-27,34-37,39-40,45-51,64,74H,8-13,22-24,28-33,38,60H2,1-4H3,(H,65,75)(H,66,76)(H,67,80)(H,68,78)(H,69,82)(H,70,77)(H,71,79)(H,72,81)/t45-,46-,47-,48+,49-,50+,51-/m0/s1. The SMILES string of the molecule is CC(C)C[C@H](NC(=O)[C@@H](CCCCNC(=O)c1cccnc1)NC(=O)[C@H](CCCCNC(=O)c1cccnc1)NC(=O)[C@H](CO)NC(=O)[C@@H](Cc1cccnc1)NC(=O)[C@@H](N)Cc1ccccc1)C(=O)N[C@H](C=O)CCCCNC(C)C. The summed E-state index contributed by atoms with van der Waals surface area (Å²) < 4.78 is 0. The van der Waals surface area contributed by atoms with E-state index in [1.54, 1.807) is 54.7 Å². The van der Waals surface area contributed by atoms with Crippen LogP contribution in [0, 0.1) is 5.92 Å². The molecule has 82 heavy (non-hydrogen) atoms. The molecule has 3 aromatic heterocycles. The van der Waals surface area contributed by atoms with Crippen molar-refractivity contribution in [3.8, 4) is 0 Å². The summed E-state index contributed by atoms with van der Waals surface area (Å²) in [5, 5.41) is 35.7. The van der Waals surface area contributed by atoms with E-state index in [9.17, 15) is 48.3 Å². The molecule has 0 bridgehead atoms. The molecule has 7 atom stereocenters. The van der Waals surface area contributed by atoms with Crippen LogP contribution in [0.3, 0.4) is 0 Å². The molecule has 12 N–H and O–H groups in total. The molecule has 0 saturated carbocycles. The van der Waals surface area contributed by atoms with Crippen molar-refractivity contribution in [2.75, 3.05) is 26.2 Å². The number of aliphatic hydroxyl groups excluding tert-OH is 1. The van der Waals surface area contributed by atoms with Gasteiger partial charge in [-0.2, -0.15) is 0 Å². The minimum absolute atomic E-state index is 0.00708. The first-order valence-electron chi connectivity index (χ1n) is 28.1. The molecule has 8 amide bonds. The number of carbonyl (C=O) groups is 9. The molecule has 0 unspecified atom stereocenters. The third-order valence-corrected chi connectivity index (χ3v) is 13.1. The Bertz CT molecular complexity index is 2600. The van der Waals surface area contributed by atoms with E-state index in [1.165, 1.54) is 31.0 Å². The Morgan fingerprint density at radius 1 is 0.500 bits per heavy atom. The van der Waals surface area contributed by atoms with E-state index < -0.39 is 84.3 Å². The largest absolute Gasteiger partial charge is 0.394 e. The fourth-order valence-electron chi connectivity index (χ4n) is 8.61. The predicted octanol–water partition coefficient (Wildman–Crippen LogP) is 1.50. The summed E-state index contributed by atoms with van der Waals surface area (Å²) in [6.07, 6.45) is 12.9. The van der Waals surface area contributed by atoms with Gasteiger partial charge in [-0.25, -0.2) is 0 Å². The monoisotopic (exact) mass is 1130 g/mol. The lowest BCUT2D eigenvalue weighted by Crippen LogP contribution is -2.60. The lowest BCUT2D eigenvalue weighted by atomic mass is 10.0. The van der Waals surface area contributed by atoms with Crippen molar-refractivity contribution in [1.29, 1.82) is 0 Å². The number of nitrogens with one attached hydrogen (secondary N) is 9. The van der Waals surface area contributed by atoms with Crippen LogP contribution >= 0.6 is 0 Å². The number of nitrogens with zero attached hydrogens (tertiary/aromatic N) is 3. The number of aromatic nitrogens is 3. The number of aldehydes is 1. The van der Waals surface area contributed by atoms with E-state index in [0.29, 0.717) is 54.7 Å². The number of carbonyl (C=O) groups excluding carboxylic acids is 9. The van der Waals surface area contributed by atoms with Crippen LogP contribution in [-0.4, -0.2) is 148 Å². The van der Waals surface area contributed by atoms with Gasteiger partial charge in [0.2, 0.25) is 35.4 Å². The highest BCUT2D eigenvalue weighted by Crippen LogP contribution is 2.12. The highest BCUT2D eigenvalue weighted by atomic mass is 16.3. The van der Waals surface area contributed by atoms with E-state index in [0.717, 1.165) is 18.5 Å². The number of benzene rings is 1. The number of hydrogen-bond acceptors (Lipinski definition) is 15. The summed E-state index contributed by atoms with van der Waals surface area (Å²) in [6.45, 7) is 7.97. The second-order valence-corrected chi connectivity index (χ2v) is 20.8. The molecule has 444 valence electrons. The molecular formula is C59H83N13O10. The molecule has 0 aliphatic rings. The van der Waals surface area contributed by atoms with Crippen LogP contribution in [0.15, 0.2) is 104 Å². The Kier molecular flexibility index (Phi) is 30.1. The molecule has 23 heteroatoms. The van der Waals surface area contributed by atoms with E-state index in [1.807, 2.05) is 45.9 Å². The number of nitrogens with two attached hydrogens (primary N) is 1. The van der Waals surface area contributed by atoms with Gasteiger partial charge in [0.15, 0.2) is 0 Å². The predicted molar refractivity (Wildman–Crippen MR) is 308 cm³/mol. The molecule has 4 rings (SSSR count). The van der Waals surface area contributed by atoms with Crippen molar-refractivity contribution in [3.05, 3.63) is 126 Å². The third kappa shape index (κ3) is 25.2. The normalized spacial score (nSPS) is 13.7. The minimum atomic E-state index is -1.66. The molecule has 0 fully saturated rings. The summed E-state index contributed by atoms with van der Waals surface area (Å²) in [6, 6.07) is 10.5. The minimum Gasteiger partial charge on any atom is -0.394 e. The van der Waals surface area contributed by atoms with Gasteiger partial charge in [0.25, 0.3) is 11.8 Å². The molecule has 3 heterocycles. The third-order valence-electron chi connectivity index (χ3n) is 13.1. The fraction of sp³-hybridized carbons (Fsp3) is 0.492. The number of hydrogen-bond donors (Lipinski definition) is 11. The van der Waals surface area contributed by atoms with Crippen LogP contribution in [0.4, 0.5) is 0 Å². The van der Waals surface area contributed by atoms with Crippen LogP contribution < -0.4 is 53.6 Å². The number of pyridine rings is 3. The summed E-state index contributed by atoms with van der Waals surface area (Å²) in [7, 11) is 0. The van der Waals surface area contributed by atoms with Gasteiger partial charge in [-0.05, 0) is 125 Å². The summed E-state index contributed by atoms with van der Waals surface area (Å²) in [4.78, 5) is 135. The molecule has 0 saturated heterocycles. The molecular weight excluding hydrogens is 1050 g/mol. The average molecular weight is 1130 g/mol. The van der Waals surface area contributed by atoms with Crippen molar-refractivity contribution in [1.82, 2.24) is 62.8 Å². The van der Waals surface area contributed by atoms with E-state index in [4.69, 9.17) is 5.73 Å².